The van der Waals surface area contributed by atoms with Crippen LogP contribution in [0.2, 0.25) is 5.02 Å². The molecule has 0 amide bonds. The minimum absolute atomic E-state index is 0.226. The fraction of sp³-hybridized carbons (Fsp3) is 0.545. The number of aromatic nitrogens is 1. The van der Waals surface area contributed by atoms with Crippen LogP contribution in [0.1, 0.15) is 19.3 Å². The highest BCUT2D eigenvalue weighted by molar-refractivity contribution is 6.30. The van der Waals surface area contributed by atoms with E-state index in [1.807, 2.05) is 0 Å². The molecule has 2 unspecified atom stereocenters. The standard InChI is InChI=1S/C11H15ClN2O/c12-9-4-5-11(14-7-9)15-10-3-1-2-8(10)6-13/h4-5,7-8,10H,1-3,6,13H2. The summed E-state index contributed by atoms with van der Waals surface area (Å²) in [6.45, 7) is 0.693. The van der Waals surface area contributed by atoms with E-state index in [0.29, 0.717) is 23.4 Å². The van der Waals surface area contributed by atoms with Crippen LogP contribution in [0.5, 0.6) is 5.88 Å². The Morgan fingerprint density at radius 1 is 1.47 bits per heavy atom. The maximum absolute atomic E-state index is 5.78. The molecule has 2 rings (SSSR count). The first kappa shape index (κ1) is 10.7. The highest BCUT2D eigenvalue weighted by Gasteiger charge is 2.27. The monoisotopic (exact) mass is 226 g/mol. The van der Waals surface area contributed by atoms with E-state index >= 15 is 0 Å². The van der Waals surface area contributed by atoms with Gasteiger partial charge < -0.3 is 10.5 Å². The van der Waals surface area contributed by atoms with E-state index < -0.39 is 0 Å². The number of nitrogens with two attached hydrogens (primary N) is 1. The first-order chi connectivity index (χ1) is 7.29. The second-order valence-corrected chi connectivity index (χ2v) is 4.33. The molecule has 0 aromatic carbocycles. The lowest BCUT2D eigenvalue weighted by molar-refractivity contribution is 0.155. The third kappa shape index (κ3) is 2.61. The highest BCUT2D eigenvalue weighted by atomic mass is 35.5. The van der Waals surface area contributed by atoms with Crippen molar-refractivity contribution >= 4 is 11.6 Å². The number of ether oxygens (including phenoxy) is 1. The van der Waals surface area contributed by atoms with E-state index in [1.165, 1.54) is 6.42 Å². The van der Waals surface area contributed by atoms with Gasteiger partial charge in [-0.2, -0.15) is 0 Å². The Hall–Kier alpha value is -0.800. The maximum atomic E-state index is 5.78. The van der Waals surface area contributed by atoms with Crippen molar-refractivity contribution in [3.05, 3.63) is 23.4 Å². The zero-order valence-electron chi connectivity index (χ0n) is 8.53. The Labute approximate surface area is 94.6 Å². The van der Waals surface area contributed by atoms with E-state index in [-0.39, 0.29) is 6.10 Å². The van der Waals surface area contributed by atoms with Crippen LogP contribution in [-0.4, -0.2) is 17.6 Å². The molecule has 0 bridgehead atoms. The van der Waals surface area contributed by atoms with Crippen LogP contribution >= 0.6 is 11.6 Å². The van der Waals surface area contributed by atoms with E-state index in [2.05, 4.69) is 4.98 Å². The molecule has 1 aliphatic rings. The van der Waals surface area contributed by atoms with Crippen molar-refractivity contribution in [2.45, 2.75) is 25.4 Å². The van der Waals surface area contributed by atoms with Gasteiger partial charge in [0, 0.05) is 18.2 Å². The molecular formula is C11H15ClN2O. The fourth-order valence-corrected chi connectivity index (χ4v) is 2.13. The lowest BCUT2D eigenvalue weighted by Gasteiger charge is -2.18. The maximum Gasteiger partial charge on any atom is 0.213 e. The van der Waals surface area contributed by atoms with E-state index in [1.54, 1.807) is 18.3 Å². The lowest BCUT2D eigenvalue weighted by atomic mass is 10.1. The van der Waals surface area contributed by atoms with Gasteiger partial charge >= 0.3 is 0 Å². The summed E-state index contributed by atoms with van der Waals surface area (Å²) in [4.78, 5) is 4.12. The number of nitrogens with zero attached hydrogens (tertiary/aromatic N) is 1. The minimum Gasteiger partial charge on any atom is -0.474 e. The summed E-state index contributed by atoms with van der Waals surface area (Å²) in [5, 5.41) is 0.629. The Morgan fingerprint density at radius 2 is 2.33 bits per heavy atom. The van der Waals surface area contributed by atoms with Crippen molar-refractivity contribution in [2.24, 2.45) is 11.7 Å². The van der Waals surface area contributed by atoms with Crippen molar-refractivity contribution in [2.75, 3.05) is 6.54 Å². The van der Waals surface area contributed by atoms with Crippen molar-refractivity contribution in [3.8, 4) is 5.88 Å². The Balaban J connectivity index is 1.99. The predicted molar refractivity (Wildman–Crippen MR) is 60.1 cm³/mol. The number of hydrogen-bond donors (Lipinski definition) is 1. The molecule has 1 heterocycles. The smallest absolute Gasteiger partial charge is 0.213 e. The predicted octanol–water partition coefficient (Wildman–Crippen LogP) is 2.24. The molecule has 3 nitrogen and oxygen atoms in total. The average molecular weight is 227 g/mol. The van der Waals surface area contributed by atoms with Crippen LogP contribution in [0.3, 0.4) is 0 Å². The molecule has 1 saturated carbocycles. The Morgan fingerprint density at radius 3 is 3.00 bits per heavy atom. The molecular weight excluding hydrogens is 212 g/mol. The van der Waals surface area contributed by atoms with Gasteiger partial charge in [-0.15, -0.1) is 0 Å². The van der Waals surface area contributed by atoms with Gasteiger partial charge in [0.25, 0.3) is 0 Å². The van der Waals surface area contributed by atoms with Gasteiger partial charge in [-0.3, -0.25) is 0 Å². The van der Waals surface area contributed by atoms with Crippen LogP contribution in [0.25, 0.3) is 0 Å². The molecule has 0 aliphatic heterocycles. The van der Waals surface area contributed by atoms with Crippen LogP contribution < -0.4 is 10.5 Å². The lowest BCUT2D eigenvalue weighted by Crippen LogP contribution is -2.27. The number of halogens is 1. The molecule has 0 radical (unpaired) electrons. The third-order valence-corrected chi connectivity index (χ3v) is 3.09. The van der Waals surface area contributed by atoms with Crippen LogP contribution in [0.4, 0.5) is 0 Å². The van der Waals surface area contributed by atoms with Gasteiger partial charge in [0.1, 0.15) is 6.10 Å². The second kappa shape index (κ2) is 4.81. The summed E-state index contributed by atoms with van der Waals surface area (Å²) in [6, 6.07) is 3.59. The molecule has 0 saturated heterocycles. The van der Waals surface area contributed by atoms with Crippen LogP contribution in [0, 0.1) is 5.92 Å². The molecule has 4 heteroatoms. The minimum atomic E-state index is 0.226. The molecule has 1 fully saturated rings. The SMILES string of the molecule is NCC1CCCC1Oc1ccc(Cl)cn1. The number of rotatable bonds is 3. The first-order valence-corrected chi connectivity index (χ1v) is 5.65. The van der Waals surface area contributed by atoms with E-state index in [0.717, 1.165) is 12.8 Å². The van der Waals surface area contributed by atoms with Crippen molar-refractivity contribution in [3.63, 3.8) is 0 Å². The molecule has 15 heavy (non-hydrogen) atoms. The summed E-state index contributed by atoms with van der Waals surface area (Å²) in [5.74, 6) is 1.12. The molecule has 1 aromatic heterocycles. The zero-order valence-corrected chi connectivity index (χ0v) is 9.28. The van der Waals surface area contributed by atoms with Gasteiger partial charge in [0.05, 0.1) is 5.02 Å². The molecule has 1 aromatic rings. The van der Waals surface area contributed by atoms with Crippen LogP contribution in [0.15, 0.2) is 18.3 Å². The third-order valence-electron chi connectivity index (χ3n) is 2.86. The summed E-state index contributed by atoms with van der Waals surface area (Å²) in [5.41, 5.74) is 5.68. The Kier molecular flexibility index (Phi) is 3.44. The molecule has 2 atom stereocenters. The molecule has 2 N–H and O–H groups in total. The highest BCUT2D eigenvalue weighted by Crippen LogP contribution is 2.28. The van der Waals surface area contributed by atoms with Crippen molar-refractivity contribution in [1.82, 2.24) is 4.98 Å². The summed E-state index contributed by atoms with van der Waals surface area (Å²) in [7, 11) is 0. The molecule has 0 spiro atoms. The van der Waals surface area contributed by atoms with E-state index in [9.17, 15) is 0 Å². The van der Waals surface area contributed by atoms with Gasteiger partial charge in [0.2, 0.25) is 5.88 Å². The quantitative estimate of drug-likeness (QED) is 0.860. The summed E-state index contributed by atoms with van der Waals surface area (Å²) in [6.07, 6.45) is 5.26. The number of pyridine rings is 1. The first-order valence-electron chi connectivity index (χ1n) is 5.28. The second-order valence-electron chi connectivity index (χ2n) is 3.90. The zero-order chi connectivity index (χ0) is 10.7. The van der Waals surface area contributed by atoms with Gasteiger partial charge in [0.15, 0.2) is 0 Å². The van der Waals surface area contributed by atoms with E-state index in [4.69, 9.17) is 22.1 Å². The number of hydrogen-bond acceptors (Lipinski definition) is 3. The van der Waals surface area contributed by atoms with Crippen LogP contribution in [-0.2, 0) is 0 Å². The molecule has 1 aliphatic carbocycles. The van der Waals surface area contributed by atoms with Crippen molar-refractivity contribution in [1.29, 1.82) is 0 Å². The summed E-state index contributed by atoms with van der Waals surface area (Å²) < 4.78 is 5.78. The van der Waals surface area contributed by atoms with Crippen molar-refractivity contribution < 1.29 is 4.74 Å². The van der Waals surface area contributed by atoms with Gasteiger partial charge in [-0.05, 0) is 31.9 Å². The largest absolute Gasteiger partial charge is 0.474 e. The summed E-state index contributed by atoms with van der Waals surface area (Å²) >= 11 is 5.75. The molecule has 82 valence electrons. The van der Waals surface area contributed by atoms with Gasteiger partial charge in [-0.1, -0.05) is 11.6 Å². The average Bonchev–Trinajstić information content (AvgIpc) is 2.69. The Bertz CT molecular complexity index is 315. The van der Waals surface area contributed by atoms with Gasteiger partial charge in [-0.25, -0.2) is 4.98 Å². The normalized spacial score (nSPS) is 25.5. The topological polar surface area (TPSA) is 48.1 Å². The fourth-order valence-electron chi connectivity index (χ4n) is 2.01.